The molecule has 1 saturated heterocycles. The molecule has 0 aliphatic carbocycles. The standard InChI is InChI=1S/C11H14FN3O.2ClH/c1-8-7-15(3-2-14-8)11(16)9-4-10(12)6-13-5-9;;/h4-6,8,14H,2-3,7H2,1H3;2*1H/t8-;;/m0../s1. The molecule has 0 bridgehead atoms. The lowest BCUT2D eigenvalue weighted by Crippen LogP contribution is -2.51. The van der Waals surface area contributed by atoms with Gasteiger partial charge in [-0.1, -0.05) is 0 Å². The van der Waals surface area contributed by atoms with E-state index in [0.29, 0.717) is 18.7 Å². The van der Waals surface area contributed by atoms with Crippen molar-refractivity contribution in [3.63, 3.8) is 0 Å². The second-order valence-electron chi connectivity index (χ2n) is 4.00. The highest BCUT2D eigenvalue weighted by Crippen LogP contribution is 2.08. The van der Waals surface area contributed by atoms with Crippen LogP contribution in [0.15, 0.2) is 18.5 Å². The van der Waals surface area contributed by atoms with Crippen molar-refractivity contribution in [2.45, 2.75) is 13.0 Å². The second kappa shape index (κ2) is 7.51. The van der Waals surface area contributed by atoms with E-state index in [4.69, 9.17) is 0 Å². The zero-order valence-corrected chi connectivity index (χ0v) is 11.6. The molecule has 1 aromatic heterocycles. The largest absolute Gasteiger partial charge is 0.336 e. The van der Waals surface area contributed by atoms with Crippen LogP contribution in [0.2, 0.25) is 0 Å². The van der Waals surface area contributed by atoms with Crippen LogP contribution in [0.4, 0.5) is 4.39 Å². The van der Waals surface area contributed by atoms with Gasteiger partial charge in [-0.25, -0.2) is 4.39 Å². The monoisotopic (exact) mass is 295 g/mol. The Hall–Kier alpha value is -0.910. The van der Waals surface area contributed by atoms with Gasteiger partial charge >= 0.3 is 0 Å². The summed E-state index contributed by atoms with van der Waals surface area (Å²) in [7, 11) is 0. The maximum Gasteiger partial charge on any atom is 0.255 e. The summed E-state index contributed by atoms with van der Waals surface area (Å²) in [6, 6.07) is 1.50. The number of rotatable bonds is 1. The number of nitrogens with zero attached hydrogens (tertiary/aromatic N) is 2. The topological polar surface area (TPSA) is 45.2 Å². The molecule has 1 amide bonds. The summed E-state index contributed by atoms with van der Waals surface area (Å²) >= 11 is 0. The number of nitrogens with one attached hydrogen (secondary N) is 1. The minimum atomic E-state index is -0.478. The van der Waals surface area contributed by atoms with E-state index in [1.165, 1.54) is 12.3 Å². The van der Waals surface area contributed by atoms with E-state index in [1.54, 1.807) is 4.90 Å². The molecular formula is C11H16Cl2FN3O. The highest BCUT2D eigenvalue weighted by Gasteiger charge is 2.21. The molecule has 1 aliphatic rings. The smallest absolute Gasteiger partial charge is 0.255 e. The fraction of sp³-hybridized carbons (Fsp3) is 0.455. The predicted molar refractivity (Wildman–Crippen MR) is 72.1 cm³/mol. The van der Waals surface area contributed by atoms with E-state index in [0.717, 1.165) is 12.7 Å². The summed E-state index contributed by atoms with van der Waals surface area (Å²) in [5.74, 6) is -0.630. The van der Waals surface area contributed by atoms with Gasteiger partial charge in [-0.05, 0) is 13.0 Å². The maximum atomic E-state index is 12.9. The molecule has 2 heterocycles. The Morgan fingerprint density at radius 1 is 1.50 bits per heavy atom. The highest BCUT2D eigenvalue weighted by molar-refractivity contribution is 5.94. The highest BCUT2D eigenvalue weighted by atomic mass is 35.5. The fourth-order valence-corrected chi connectivity index (χ4v) is 1.83. The Kier molecular flexibility index (Phi) is 7.13. The third-order valence-corrected chi connectivity index (χ3v) is 2.61. The molecule has 0 spiro atoms. The minimum Gasteiger partial charge on any atom is -0.336 e. The fourth-order valence-electron chi connectivity index (χ4n) is 1.83. The lowest BCUT2D eigenvalue weighted by Gasteiger charge is -2.31. The van der Waals surface area contributed by atoms with Crippen LogP contribution >= 0.6 is 24.8 Å². The SMILES string of the molecule is C[C@H]1CN(C(=O)c2cncc(F)c2)CCN1.Cl.Cl. The van der Waals surface area contributed by atoms with Crippen LogP contribution in [0.1, 0.15) is 17.3 Å². The Labute approximate surface area is 118 Å². The van der Waals surface area contributed by atoms with Gasteiger partial charge in [0.1, 0.15) is 5.82 Å². The lowest BCUT2D eigenvalue weighted by atomic mass is 10.2. The first-order valence-corrected chi connectivity index (χ1v) is 5.30. The Bertz CT molecular complexity index is 406. The molecule has 18 heavy (non-hydrogen) atoms. The molecule has 0 aromatic carbocycles. The van der Waals surface area contributed by atoms with Crippen molar-refractivity contribution in [2.75, 3.05) is 19.6 Å². The van der Waals surface area contributed by atoms with Crippen molar-refractivity contribution in [1.29, 1.82) is 0 Å². The zero-order chi connectivity index (χ0) is 11.5. The number of hydrogen-bond acceptors (Lipinski definition) is 3. The first-order chi connectivity index (χ1) is 7.66. The minimum absolute atomic E-state index is 0. The van der Waals surface area contributed by atoms with Crippen molar-refractivity contribution in [3.05, 3.63) is 29.8 Å². The normalized spacial score (nSPS) is 18.6. The summed E-state index contributed by atoms with van der Waals surface area (Å²) in [6.07, 6.45) is 2.50. The summed E-state index contributed by atoms with van der Waals surface area (Å²) in [5.41, 5.74) is 0.314. The van der Waals surface area contributed by atoms with Gasteiger partial charge in [0.05, 0.1) is 11.8 Å². The third kappa shape index (κ3) is 4.08. The Morgan fingerprint density at radius 2 is 2.22 bits per heavy atom. The predicted octanol–water partition coefficient (Wildman–Crippen LogP) is 1.50. The molecule has 1 fully saturated rings. The van der Waals surface area contributed by atoms with Crippen LogP contribution in [0.5, 0.6) is 0 Å². The van der Waals surface area contributed by atoms with Crippen molar-refractivity contribution >= 4 is 30.7 Å². The van der Waals surface area contributed by atoms with Crippen LogP contribution in [0.3, 0.4) is 0 Å². The van der Waals surface area contributed by atoms with Gasteiger partial charge in [-0.3, -0.25) is 9.78 Å². The number of carbonyl (C=O) groups excluding carboxylic acids is 1. The lowest BCUT2D eigenvalue weighted by molar-refractivity contribution is 0.0708. The van der Waals surface area contributed by atoms with Crippen molar-refractivity contribution in [3.8, 4) is 0 Å². The third-order valence-electron chi connectivity index (χ3n) is 2.61. The van der Waals surface area contributed by atoms with Gasteiger partial charge in [0, 0.05) is 31.9 Å². The van der Waals surface area contributed by atoms with E-state index in [9.17, 15) is 9.18 Å². The summed E-state index contributed by atoms with van der Waals surface area (Å²) in [4.78, 5) is 17.4. The molecule has 0 unspecified atom stereocenters. The molecule has 1 N–H and O–H groups in total. The van der Waals surface area contributed by atoms with E-state index >= 15 is 0 Å². The average molecular weight is 296 g/mol. The van der Waals surface area contributed by atoms with Crippen molar-refractivity contribution < 1.29 is 9.18 Å². The molecule has 1 aliphatic heterocycles. The number of amides is 1. The molecule has 7 heteroatoms. The van der Waals surface area contributed by atoms with E-state index in [2.05, 4.69) is 10.3 Å². The molecule has 0 radical (unpaired) electrons. The van der Waals surface area contributed by atoms with Crippen molar-refractivity contribution in [1.82, 2.24) is 15.2 Å². The van der Waals surface area contributed by atoms with E-state index in [1.807, 2.05) is 6.92 Å². The summed E-state index contributed by atoms with van der Waals surface area (Å²) < 4.78 is 12.9. The van der Waals surface area contributed by atoms with Gasteiger partial charge in [0.2, 0.25) is 0 Å². The van der Waals surface area contributed by atoms with Gasteiger partial charge < -0.3 is 10.2 Å². The molecular weight excluding hydrogens is 280 g/mol. The van der Waals surface area contributed by atoms with E-state index < -0.39 is 5.82 Å². The molecule has 1 atom stereocenters. The molecule has 102 valence electrons. The Morgan fingerprint density at radius 3 is 2.83 bits per heavy atom. The first kappa shape index (κ1) is 17.1. The zero-order valence-electron chi connectivity index (χ0n) is 9.93. The first-order valence-electron chi connectivity index (χ1n) is 5.30. The molecule has 2 rings (SSSR count). The molecule has 4 nitrogen and oxygen atoms in total. The van der Waals surface area contributed by atoms with E-state index in [-0.39, 0.29) is 36.8 Å². The molecule has 0 saturated carbocycles. The number of aromatic nitrogens is 1. The van der Waals surface area contributed by atoms with Gasteiger partial charge in [-0.2, -0.15) is 0 Å². The summed E-state index contributed by atoms with van der Waals surface area (Å²) in [5, 5.41) is 3.25. The van der Waals surface area contributed by atoms with Crippen molar-refractivity contribution in [2.24, 2.45) is 0 Å². The van der Waals surface area contributed by atoms with Crippen LogP contribution in [0, 0.1) is 5.82 Å². The summed E-state index contributed by atoms with van der Waals surface area (Å²) in [6.45, 7) is 4.09. The number of pyridine rings is 1. The average Bonchev–Trinajstić information content (AvgIpc) is 2.28. The number of carbonyl (C=O) groups is 1. The van der Waals surface area contributed by atoms with Crippen LogP contribution in [0.25, 0.3) is 0 Å². The van der Waals surface area contributed by atoms with Gasteiger partial charge in [-0.15, -0.1) is 24.8 Å². The quantitative estimate of drug-likeness (QED) is 0.854. The number of hydrogen-bond donors (Lipinski definition) is 1. The van der Waals surface area contributed by atoms with Crippen LogP contribution in [-0.4, -0.2) is 41.5 Å². The molecule has 1 aromatic rings. The van der Waals surface area contributed by atoms with Crippen LogP contribution in [-0.2, 0) is 0 Å². The van der Waals surface area contributed by atoms with Crippen LogP contribution < -0.4 is 5.32 Å². The van der Waals surface area contributed by atoms with Gasteiger partial charge in [0.25, 0.3) is 5.91 Å². The maximum absolute atomic E-state index is 12.9. The van der Waals surface area contributed by atoms with Gasteiger partial charge in [0.15, 0.2) is 0 Å². The number of halogens is 3. The number of piperazine rings is 1. The second-order valence-corrected chi connectivity index (χ2v) is 4.00. The Balaban J connectivity index is 0.00000144.